The van der Waals surface area contributed by atoms with Crippen molar-refractivity contribution in [2.75, 3.05) is 0 Å². The molecule has 0 saturated carbocycles. The van der Waals surface area contributed by atoms with Crippen LogP contribution in [0.3, 0.4) is 0 Å². The van der Waals surface area contributed by atoms with Gasteiger partial charge in [0, 0.05) is 10.8 Å². The SMILES string of the molecule is [2H]c1ccc(B2OC(C)(C)C(C)(C)O2)c2c1oc1ccccc12. The number of benzene rings is 2. The zero-order chi connectivity index (χ0) is 16.4. The van der Waals surface area contributed by atoms with Gasteiger partial charge in [0.25, 0.3) is 0 Å². The van der Waals surface area contributed by atoms with Crippen LogP contribution in [0.1, 0.15) is 29.1 Å². The molecule has 4 rings (SSSR count). The average Bonchev–Trinajstić information content (AvgIpc) is 2.96. The Morgan fingerprint density at radius 1 is 0.909 bits per heavy atom. The molecule has 0 aliphatic carbocycles. The van der Waals surface area contributed by atoms with E-state index in [9.17, 15) is 0 Å². The summed E-state index contributed by atoms with van der Waals surface area (Å²) in [5.41, 5.74) is 1.48. The predicted molar refractivity (Wildman–Crippen MR) is 89.4 cm³/mol. The molecule has 1 aromatic heterocycles. The van der Waals surface area contributed by atoms with E-state index in [1.807, 2.05) is 58.0 Å². The zero-order valence-corrected chi connectivity index (χ0v) is 13.3. The largest absolute Gasteiger partial charge is 0.495 e. The maximum Gasteiger partial charge on any atom is 0.495 e. The van der Waals surface area contributed by atoms with Crippen molar-refractivity contribution in [1.82, 2.24) is 0 Å². The number of fused-ring (bicyclic) bond motifs is 3. The number of hydrogen-bond acceptors (Lipinski definition) is 3. The molecule has 1 saturated heterocycles. The van der Waals surface area contributed by atoms with E-state index >= 15 is 0 Å². The first-order valence-electron chi connectivity index (χ1n) is 8.06. The molecule has 0 unspecified atom stereocenters. The first-order chi connectivity index (χ1) is 10.8. The third kappa shape index (κ3) is 1.84. The van der Waals surface area contributed by atoms with E-state index in [1.165, 1.54) is 0 Å². The van der Waals surface area contributed by atoms with Crippen LogP contribution in [-0.4, -0.2) is 18.3 Å². The van der Waals surface area contributed by atoms with E-state index in [4.69, 9.17) is 15.1 Å². The fourth-order valence-corrected chi connectivity index (χ4v) is 2.89. The third-order valence-corrected chi connectivity index (χ3v) is 4.87. The Kier molecular flexibility index (Phi) is 2.53. The molecule has 112 valence electrons. The van der Waals surface area contributed by atoms with Gasteiger partial charge in [-0.2, -0.15) is 0 Å². The van der Waals surface area contributed by atoms with Crippen molar-refractivity contribution in [1.29, 1.82) is 0 Å². The summed E-state index contributed by atoms with van der Waals surface area (Å²) in [4.78, 5) is 0. The predicted octanol–water partition coefficient (Wildman–Crippen LogP) is 3.89. The Hall–Kier alpha value is -1.78. The van der Waals surface area contributed by atoms with Gasteiger partial charge in [-0.15, -0.1) is 0 Å². The first kappa shape index (κ1) is 12.7. The summed E-state index contributed by atoms with van der Waals surface area (Å²) in [5, 5.41) is 1.90. The summed E-state index contributed by atoms with van der Waals surface area (Å²) < 4.78 is 26.4. The lowest BCUT2D eigenvalue weighted by Crippen LogP contribution is -2.41. The van der Waals surface area contributed by atoms with Crippen molar-refractivity contribution in [3.05, 3.63) is 42.4 Å². The van der Waals surface area contributed by atoms with Crippen LogP contribution in [0.2, 0.25) is 0 Å². The highest BCUT2D eigenvalue weighted by Crippen LogP contribution is 2.37. The highest BCUT2D eigenvalue weighted by Gasteiger charge is 2.52. The Balaban J connectivity index is 1.97. The van der Waals surface area contributed by atoms with Crippen LogP contribution >= 0.6 is 0 Å². The second-order valence-corrected chi connectivity index (χ2v) is 6.82. The quantitative estimate of drug-likeness (QED) is 0.638. The molecule has 0 bridgehead atoms. The van der Waals surface area contributed by atoms with Gasteiger partial charge in [0.05, 0.1) is 12.6 Å². The fourth-order valence-electron chi connectivity index (χ4n) is 2.89. The van der Waals surface area contributed by atoms with Gasteiger partial charge in [-0.25, -0.2) is 0 Å². The molecule has 0 N–H and O–H groups in total. The van der Waals surface area contributed by atoms with Crippen LogP contribution in [0.25, 0.3) is 21.9 Å². The summed E-state index contributed by atoms with van der Waals surface area (Å²) >= 11 is 0. The zero-order valence-electron chi connectivity index (χ0n) is 14.3. The lowest BCUT2D eigenvalue weighted by atomic mass is 9.76. The summed E-state index contributed by atoms with van der Waals surface area (Å²) in [6.07, 6.45) is 0. The van der Waals surface area contributed by atoms with E-state index in [1.54, 1.807) is 6.07 Å². The Morgan fingerprint density at radius 2 is 1.59 bits per heavy atom. The van der Waals surface area contributed by atoms with Crippen LogP contribution in [0, 0.1) is 0 Å². The molecule has 2 heterocycles. The van der Waals surface area contributed by atoms with Crippen LogP contribution in [0.15, 0.2) is 46.9 Å². The normalized spacial score (nSPS) is 20.7. The average molecular weight is 295 g/mol. The van der Waals surface area contributed by atoms with Crippen LogP contribution in [-0.2, 0) is 9.31 Å². The van der Waals surface area contributed by atoms with Gasteiger partial charge in [0.2, 0.25) is 0 Å². The molecule has 1 aliphatic rings. The van der Waals surface area contributed by atoms with Gasteiger partial charge < -0.3 is 13.7 Å². The lowest BCUT2D eigenvalue weighted by molar-refractivity contribution is 0.00578. The number of hydrogen-bond donors (Lipinski definition) is 0. The van der Waals surface area contributed by atoms with E-state index in [0.29, 0.717) is 11.6 Å². The monoisotopic (exact) mass is 295 g/mol. The van der Waals surface area contributed by atoms with E-state index in [2.05, 4.69) is 0 Å². The molecule has 3 nitrogen and oxygen atoms in total. The van der Waals surface area contributed by atoms with Crippen LogP contribution < -0.4 is 5.46 Å². The minimum atomic E-state index is -0.468. The van der Waals surface area contributed by atoms with Crippen molar-refractivity contribution in [2.45, 2.75) is 38.9 Å². The molecule has 3 aromatic rings. The smallest absolute Gasteiger partial charge is 0.456 e. The topological polar surface area (TPSA) is 31.6 Å². The number of furan rings is 1. The fraction of sp³-hybridized carbons (Fsp3) is 0.333. The van der Waals surface area contributed by atoms with Crippen molar-refractivity contribution in [2.24, 2.45) is 0 Å². The van der Waals surface area contributed by atoms with E-state index in [-0.39, 0.29) is 0 Å². The van der Waals surface area contributed by atoms with Gasteiger partial charge in [0.15, 0.2) is 0 Å². The van der Waals surface area contributed by atoms with Crippen molar-refractivity contribution < 1.29 is 15.1 Å². The minimum Gasteiger partial charge on any atom is -0.456 e. The number of para-hydroxylation sites is 1. The van der Waals surface area contributed by atoms with Gasteiger partial charge in [-0.1, -0.05) is 30.3 Å². The highest BCUT2D eigenvalue weighted by atomic mass is 16.7. The molecular weight excluding hydrogens is 275 g/mol. The third-order valence-electron chi connectivity index (χ3n) is 4.87. The van der Waals surface area contributed by atoms with Gasteiger partial charge >= 0.3 is 7.12 Å². The van der Waals surface area contributed by atoms with Crippen molar-refractivity contribution in [3.8, 4) is 0 Å². The summed E-state index contributed by atoms with van der Waals surface area (Å²) in [5.74, 6) is 0. The van der Waals surface area contributed by atoms with E-state index in [0.717, 1.165) is 21.8 Å². The van der Waals surface area contributed by atoms with Gasteiger partial charge in [0.1, 0.15) is 11.2 Å². The molecule has 22 heavy (non-hydrogen) atoms. The molecule has 4 heteroatoms. The van der Waals surface area contributed by atoms with Crippen LogP contribution in [0.4, 0.5) is 0 Å². The van der Waals surface area contributed by atoms with Crippen molar-refractivity contribution >= 4 is 34.5 Å². The Morgan fingerprint density at radius 3 is 2.32 bits per heavy atom. The Labute approximate surface area is 131 Å². The molecule has 0 amide bonds. The molecule has 0 radical (unpaired) electrons. The summed E-state index contributed by atoms with van der Waals surface area (Å²) in [6, 6.07) is 11.9. The van der Waals surface area contributed by atoms with Gasteiger partial charge in [-0.05, 0) is 45.3 Å². The molecule has 0 atom stereocenters. The molecular formula is C18H19BO3. The first-order valence-corrected chi connectivity index (χ1v) is 7.56. The summed E-state index contributed by atoms with van der Waals surface area (Å²) in [6.45, 7) is 8.15. The Bertz CT molecular complexity index is 897. The lowest BCUT2D eigenvalue weighted by Gasteiger charge is -2.32. The minimum absolute atomic E-state index is 0.372. The molecule has 1 fully saturated rings. The van der Waals surface area contributed by atoms with Crippen molar-refractivity contribution in [3.63, 3.8) is 0 Å². The van der Waals surface area contributed by atoms with E-state index < -0.39 is 18.3 Å². The number of rotatable bonds is 1. The standard InChI is InChI=1S/C18H19BO3/c1-17(2)18(3,4)22-19(21-17)13-9-7-11-15-16(13)12-8-5-6-10-14(12)20-15/h5-11H,1-4H3/i11D. The highest BCUT2D eigenvalue weighted by molar-refractivity contribution is 6.66. The second kappa shape index (κ2) is 4.37. The van der Waals surface area contributed by atoms with Gasteiger partial charge in [-0.3, -0.25) is 0 Å². The maximum atomic E-state index is 8.14. The molecule has 1 aliphatic heterocycles. The molecule has 2 aromatic carbocycles. The summed E-state index contributed by atoms with van der Waals surface area (Å²) in [7, 11) is -0.468. The molecule has 0 spiro atoms. The maximum absolute atomic E-state index is 8.14. The van der Waals surface area contributed by atoms with Crippen LogP contribution in [0.5, 0.6) is 0 Å². The second-order valence-electron chi connectivity index (χ2n) is 6.82.